The summed E-state index contributed by atoms with van der Waals surface area (Å²) in [4.78, 5) is 18.7. The van der Waals surface area contributed by atoms with Crippen LogP contribution >= 0.6 is 0 Å². The lowest BCUT2D eigenvalue weighted by atomic mass is 10.1. The third-order valence-electron chi connectivity index (χ3n) is 5.42. The lowest BCUT2D eigenvalue weighted by molar-refractivity contribution is -0.140. The van der Waals surface area contributed by atoms with E-state index in [9.17, 15) is 35.5 Å². The number of rotatable bonds is 2. The van der Waals surface area contributed by atoms with Crippen LogP contribution in [0.5, 0.6) is 0 Å². The Morgan fingerprint density at radius 1 is 0.875 bits per heavy atom. The molecule has 1 aromatic heterocycles. The van der Waals surface area contributed by atoms with Crippen molar-refractivity contribution in [3.8, 4) is 0 Å². The monoisotopic (exact) mass is 459 g/mol. The number of aromatic nitrogens is 1. The number of halogens is 7. The largest absolute Gasteiger partial charge is 0.419 e. The maximum absolute atomic E-state index is 13.8. The van der Waals surface area contributed by atoms with Crippen LogP contribution in [0, 0.1) is 5.82 Å². The molecule has 1 N–H and O–H groups in total. The van der Waals surface area contributed by atoms with Gasteiger partial charge in [0.15, 0.2) is 0 Å². The molecule has 1 amide bonds. The number of hydrogen-bond acceptors (Lipinski definition) is 2. The van der Waals surface area contributed by atoms with Gasteiger partial charge in [-0.2, -0.15) is 26.3 Å². The van der Waals surface area contributed by atoms with Crippen LogP contribution in [-0.2, 0) is 12.4 Å². The Morgan fingerprint density at radius 3 is 2.16 bits per heavy atom. The second-order valence-electron chi connectivity index (χ2n) is 7.40. The topological polar surface area (TPSA) is 39.3 Å². The number of benzene rings is 2. The molecule has 1 fully saturated rings. The van der Waals surface area contributed by atoms with Crippen molar-refractivity contribution in [1.29, 1.82) is 0 Å². The normalized spacial score (nSPS) is 15.5. The summed E-state index contributed by atoms with van der Waals surface area (Å²) in [5.74, 6) is -2.14. The van der Waals surface area contributed by atoms with Crippen LogP contribution in [-0.4, -0.2) is 42.0 Å². The fourth-order valence-corrected chi connectivity index (χ4v) is 3.75. The minimum absolute atomic E-state index is 0.174. The summed E-state index contributed by atoms with van der Waals surface area (Å²) in [5, 5.41) is 0.393. The molecule has 4 rings (SSSR count). The molecule has 0 bridgehead atoms. The maximum Gasteiger partial charge on any atom is 0.419 e. The van der Waals surface area contributed by atoms with Gasteiger partial charge in [0.05, 0.1) is 16.8 Å². The molecule has 1 aliphatic heterocycles. The maximum atomic E-state index is 13.8. The first-order chi connectivity index (χ1) is 14.9. The van der Waals surface area contributed by atoms with Crippen LogP contribution in [0.4, 0.5) is 36.4 Å². The van der Waals surface area contributed by atoms with E-state index in [2.05, 4.69) is 4.98 Å². The molecular formula is C21H16F7N3O. The van der Waals surface area contributed by atoms with Gasteiger partial charge in [-0.05, 0) is 36.4 Å². The number of amides is 1. The third kappa shape index (κ3) is 4.11. The van der Waals surface area contributed by atoms with Crippen LogP contribution in [0.1, 0.15) is 21.5 Å². The Labute approximate surface area is 177 Å². The van der Waals surface area contributed by atoms with Crippen molar-refractivity contribution < 1.29 is 35.5 Å². The van der Waals surface area contributed by atoms with E-state index in [1.807, 2.05) is 4.90 Å². The first-order valence-corrected chi connectivity index (χ1v) is 9.54. The molecule has 11 heteroatoms. The SMILES string of the molecule is O=C(c1ccc(C(F)(F)F)c(F)c1)N1CCN(c2c[nH]c3ccc(C(F)(F)F)cc23)CC1. The molecule has 32 heavy (non-hydrogen) atoms. The Balaban J connectivity index is 1.49. The van der Waals surface area contributed by atoms with Crippen LogP contribution < -0.4 is 4.90 Å². The minimum Gasteiger partial charge on any atom is -0.366 e. The fourth-order valence-electron chi connectivity index (χ4n) is 3.75. The number of nitrogens with one attached hydrogen (secondary N) is 1. The summed E-state index contributed by atoms with van der Waals surface area (Å²) in [6.45, 7) is 0.927. The van der Waals surface area contributed by atoms with E-state index < -0.39 is 35.2 Å². The molecule has 1 saturated heterocycles. The molecule has 3 aromatic rings. The van der Waals surface area contributed by atoms with Gasteiger partial charge in [-0.15, -0.1) is 0 Å². The Hall–Kier alpha value is -3.24. The van der Waals surface area contributed by atoms with Gasteiger partial charge < -0.3 is 14.8 Å². The van der Waals surface area contributed by atoms with Gasteiger partial charge in [0, 0.05) is 48.8 Å². The summed E-state index contributed by atoms with van der Waals surface area (Å²) in [5.41, 5.74) is -1.34. The first kappa shape index (κ1) is 22.0. The van der Waals surface area contributed by atoms with Crippen molar-refractivity contribution in [3.63, 3.8) is 0 Å². The van der Waals surface area contributed by atoms with E-state index in [1.54, 1.807) is 6.20 Å². The number of carbonyl (C=O) groups excluding carboxylic acids is 1. The van der Waals surface area contributed by atoms with E-state index in [0.717, 1.165) is 18.2 Å². The van der Waals surface area contributed by atoms with Gasteiger partial charge in [0.2, 0.25) is 0 Å². The van der Waals surface area contributed by atoms with Crippen molar-refractivity contribution >= 4 is 22.5 Å². The number of H-pyrrole nitrogens is 1. The van der Waals surface area contributed by atoms with Gasteiger partial charge in [-0.25, -0.2) is 4.39 Å². The Kier molecular flexibility index (Phi) is 5.30. The van der Waals surface area contributed by atoms with E-state index in [1.165, 1.54) is 11.0 Å². The second kappa shape index (κ2) is 7.72. The van der Waals surface area contributed by atoms with Crippen LogP contribution in [0.25, 0.3) is 10.9 Å². The third-order valence-corrected chi connectivity index (χ3v) is 5.42. The van der Waals surface area contributed by atoms with Crippen molar-refractivity contribution in [2.75, 3.05) is 31.1 Å². The predicted molar refractivity (Wildman–Crippen MR) is 103 cm³/mol. The minimum atomic E-state index is -4.86. The molecule has 0 atom stereocenters. The van der Waals surface area contributed by atoms with E-state index >= 15 is 0 Å². The lowest BCUT2D eigenvalue weighted by Crippen LogP contribution is -2.48. The summed E-state index contributed by atoms with van der Waals surface area (Å²) in [6, 6.07) is 5.42. The molecule has 1 aliphatic rings. The number of piperazine rings is 1. The molecule has 0 saturated carbocycles. The summed E-state index contributed by atoms with van der Waals surface area (Å²) in [6.07, 6.45) is -7.75. The molecular weight excluding hydrogens is 443 g/mol. The average molecular weight is 459 g/mol. The molecule has 0 spiro atoms. The zero-order chi connectivity index (χ0) is 23.3. The molecule has 2 aromatic carbocycles. The van der Waals surface area contributed by atoms with E-state index in [0.29, 0.717) is 28.7 Å². The summed E-state index contributed by atoms with van der Waals surface area (Å²) in [7, 11) is 0. The first-order valence-electron chi connectivity index (χ1n) is 9.54. The van der Waals surface area contributed by atoms with Gasteiger partial charge >= 0.3 is 12.4 Å². The molecule has 170 valence electrons. The van der Waals surface area contributed by atoms with Crippen LogP contribution in [0.15, 0.2) is 42.6 Å². The van der Waals surface area contributed by atoms with Gasteiger partial charge in [0.25, 0.3) is 5.91 Å². The van der Waals surface area contributed by atoms with Crippen LogP contribution in [0.2, 0.25) is 0 Å². The van der Waals surface area contributed by atoms with Crippen molar-refractivity contribution in [1.82, 2.24) is 9.88 Å². The number of nitrogens with zero attached hydrogens (tertiary/aromatic N) is 2. The highest BCUT2D eigenvalue weighted by Gasteiger charge is 2.35. The Bertz CT molecular complexity index is 1160. The van der Waals surface area contributed by atoms with Crippen molar-refractivity contribution in [3.05, 3.63) is 65.1 Å². The van der Waals surface area contributed by atoms with Gasteiger partial charge in [0.1, 0.15) is 5.82 Å². The van der Waals surface area contributed by atoms with E-state index in [-0.39, 0.29) is 31.7 Å². The number of hydrogen-bond donors (Lipinski definition) is 1. The van der Waals surface area contributed by atoms with Crippen LogP contribution in [0.3, 0.4) is 0 Å². The van der Waals surface area contributed by atoms with Gasteiger partial charge in [-0.3, -0.25) is 4.79 Å². The number of carbonyl (C=O) groups is 1. The zero-order valence-electron chi connectivity index (χ0n) is 16.3. The number of aromatic amines is 1. The second-order valence-corrected chi connectivity index (χ2v) is 7.40. The molecule has 0 unspecified atom stereocenters. The fraction of sp³-hybridized carbons (Fsp3) is 0.286. The smallest absolute Gasteiger partial charge is 0.366 e. The molecule has 0 radical (unpaired) electrons. The highest BCUT2D eigenvalue weighted by atomic mass is 19.4. The number of fused-ring (bicyclic) bond motifs is 1. The lowest BCUT2D eigenvalue weighted by Gasteiger charge is -2.36. The summed E-state index contributed by atoms with van der Waals surface area (Å²) >= 11 is 0. The standard InChI is InChI=1S/C21H16F7N3O/c22-16-9-12(1-3-15(16)21(26,27)28)19(32)31-7-5-30(6-8-31)18-11-29-17-4-2-13(10-14(17)18)20(23,24)25/h1-4,9-11,29H,5-8H2. The van der Waals surface area contributed by atoms with Crippen molar-refractivity contribution in [2.45, 2.75) is 12.4 Å². The van der Waals surface area contributed by atoms with Crippen molar-refractivity contribution in [2.24, 2.45) is 0 Å². The average Bonchev–Trinajstić information content (AvgIpc) is 3.15. The molecule has 2 heterocycles. The Morgan fingerprint density at radius 2 is 1.56 bits per heavy atom. The summed E-state index contributed by atoms with van der Waals surface area (Å²) < 4.78 is 91.1. The quantitative estimate of drug-likeness (QED) is 0.528. The van der Waals surface area contributed by atoms with E-state index in [4.69, 9.17) is 0 Å². The zero-order valence-corrected chi connectivity index (χ0v) is 16.3. The number of alkyl halides is 6. The van der Waals surface area contributed by atoms with Gasteiger partial charge in [-0.1, -0.05) is 0 Å². The number of anilines is 1. The highest BCUT2D eigenvalue weighted by Crippen LogP contribution is 2.35. The highest BCUT2D eigenvalue weighted by molar-refractivity contribution is 5.95. The molecule has 0 aliphatic carbocycles. The molecule has 4 nitrogen and oxygen atoms in total. The predicted octanol–water partition coefficient (Wildman–Crippen LogP) is 5.31.